The molecule has 0 aromatic heterocycles. The van der Waals surface area contributed by atoms with Gasteiger partial charge in [-0.15, -0.1) is 0 Å². The SMILES string of the molecule is Cc1ccccc1N(C)C(=O)c1cc(Br)c(Cl)cc1OCCCC(=O)O. The minimum atomic E-state index is -0.891. The fourth-order valence-electron chi connectivity index (χ4n) is 2.45. The van der Waals surface area contributed by atoms with Gasteiger partial charge < -0.3 is 14.7 Å². The highest BCUT2D eigenvalue weighted by Crippen LogP contribution is 2.33. The summed E-state index contributed by atoms with van der Waals surface area (Å²) < 4.78 is 6.23. The molecular formula is C19H19BrClNO4. The fraction of sp³-hybridized carbons (Fsp3) is 0.263. The highest BCUT2D eigenvalue weighted by molar-refractivity contribution is 9.10. The summed E-state index contributed by atoms with van der Waals surface area (Å²) in [4.78, 5) is 25.2. The number of carboxylic acid groups (broad SMARTS) is 1. The zero-order chi connectivity index (χ0) is 19.3. The van der Waals surface area contributed by atoms with Crippen molar-refractivity contribution in [2.45, 2.75) is 19.8 Å². The molecule has 2 aromatic rings. The number of aryl methyl sites for hydroxylation is 1. The van der Waals surface area contributed by atoms with E-state index >= 15 is 0 Å². The lowest BCUT2D eigenvalue weighted by molar-refractivity contribution is -0.137. The van der Waals surface area contributed by atoms with Crippen LogP contribution in [0.5, 0.6) is 5.75 Å². The Hall–Kier alpha value is -2.05. The summed E-state index contributed by atoms with van der Waals surface area (Å²) in [5, 5.41) is 9.13. The van der Waals surface area contributed by atoms with Crippen LogP contribution in [-0.4, -0.2) is 30.6 Å². The Bertz CT molecular complexity index is 825. The molecule has 138 valence electrons. The first kappa shape index (κ1) is 20.3. The first-order valence-corrected chi connectivity index (χ1v) is 9.15. The number of benzene rings is 2. The lowest BCUT2D eigenvalue weighted by Crippen LogP contribution is -2.27. The van der Waals surface area contributed by atoms with Crippen LogP contribution in [0.15, 0.2) is 40.9 Å². The monoisotopic (exact) mass is 439 g/mol. The van der Waals surface area contributed by atoms with Gasteiger partial charge in [-0.05, 0) is 47.0 Å². The van der Waals surface area contributed by atoms with E-state index in [9.17, 15) is 9.59 Å². The minimum absolute atomic E-state index is 0.00332. The predicted octanol–water partition coefficient (Wildman–Crippen LogP) is 4.93. The van der Waals surface area contributed by atoms with E-state index < -0.39 is 5.97 Å². The molecule has 2 rings (SSSR count). The molecule has 2 aromatic carbocycles. The normalized spacial score (nSPS) is 10.5. The molecule has 26 heavy (non-hydrogen) atoms. The van der Waals surface area contributed by atoms with Crippen molar-refractivity contribution in [3.63, 3.8) is 0 Å². The summed E-state index contributed by atoms with van der Waals surface area (Å²) >= 11 is 9.46. The van der Waals surface area contributed by atoms with Gasteiger partial charge in [0.25, 0.3) is 5.91 Å². The van der Waals surface area contributed by atoms with Gasteiger partial charge in [0, 0.05) is 29.7 Å². The van der Waals surface area contributed by atoms with Gasteiger partial charge in [-0.3, -0.25) is 9.59 Å². The molecule has 0 aliphatic heterocycles. The number of hydrogen-bond donors (Lipinski definition) is 1. The van der Waals surface area contributed by atoms with Crippen LogP contribution in [0, 0.1) is 6.92 Å². The van der Waals surface area contributed by atoms with Crippen molar-refractivity contribution in [1.29, 1.82) is 0 Å². The minimum Gasteiger partial charge on any atom is -0.493 e. The van der Waals surface area contributed by atoms with Crippen LogP contribution >= 0.6 is 27.5 Å². The first-order chi connectivity index (χ1) is 12.3. The number of nitrogens with zero attached hydrogens (tertiary/aromatic N) is 1. The Morgan fingerprint density at radius 3 is 2.62 bits per heavy atom. The van der Waals surface area contributed by atoms with Crippen LogP contribution in [0.3, 0.4) is 0 Å². The summed E-state index contributed by atoms with van der Waals surface area (Å²) in [6, 6.07) is 10.8. The van der Waals surface area contributed by atoms with Gasteiger partial charge in [0.1, 0.15) is 5.75 Å². The second kappa shape index (κ2) is 9.05. The molecule has 5 nitrogen and oxygen atoms in total. The Labute approximate surface area is 165 Å². The zero-order valence-corrected chi connectivity index (χ0v) is 16.8. The number of ether oxygens (including phenoxy) is 1. The molecular weight excluding hydrogens is 422 g/mol. The Morgan fingerprint density at radius 2 is 1.96 bits per heavy atom. The van der Waals surface area contributed by atoms with Gasteiger partial charge in [-0.1, -0.05) is 29.8 Å². The van der Waals surface area contributed by atoms with E-state index in [4.69, 9.17) is 21.4 Å². The molecule has 0 aliphatic carbocycles. The summed E-state index contributed by atoms with van der Waals surface area (Å²) in [6.45, 7) is 2.11. The molecule has 0 saturated heterocycles. The molecule has 1 N–H and O–H groups in total. The smallest absolute Gasteiger partial charge is 0.303 e. The number of carbonyl (C=O) groups is 2. The Kier molecular flexibility index (Phi) is 7.06. The molecule has 1 amide bonds. The second-order valence-corrected chi connectivity index (χ2v) is 7.02. The third-order valence-electron chi connectivity index (χ3n) is 3.83. The number of aliphatic carboxylic acids is 1. The zero-order valence-electron chi connectivity index (χ0n) is 14.5. The number of hydrogen-bond acceptors (Lipinski definition) is 3. The molecule has 0 radical (unpaired) electrons. The van der Waals surface area contributed by atoms with Gasteiger partial charge in [-0.25, -0.2) is 0 Å². The summed E-state index contributed by atoms with van der Waals surface area (Å²) in [6.07, 6.45) is 0.334. The van der Waals surface area contributed by atoms with Crippen LogP contribution in [-0.2, 0) is 4.79 Å². The number of amides is 1. The molecule has 0 atom stereocenters. The maximum Gasteiger partial charge on any atom is 0.303 e. The Morgan fingerprint density at radius 1 is 1.27 bits per heavy atom. The van der Waals surface area contributed by atoms with Crippen molar-refractivity contribution in [2.75, 3.05) is 18.6 Å². The third kappa shape index (κ3) is 4.99. The maximum absolute atomic E-state index is 13.0. The van der Waals surface area contributed by atoms with E-state index in [0.717, 1.165) is 11.3 Å². The molecule has 0 aliphatic rings. The number of anilines is 1. The van der Waals surface area contributed by atoms with E-state index in [1.807, 2.05) is 31.2 Å². The average molecular weight is 441 g/mol. The molecule has 0 saturated carbocycles. The standard InChI is InChI=1S/C19H19BrClNO4/c1-12-6-3-4-7-16(12)22(2)19(25)13-10-14(20)15(21)11-17(13)26-9-5-8-18(23)24/h3-4,6-7,10-11H,5,8-9H2,1-2H3,(H,23,24). The van der Waals surface area contributed by atoms with E-state index in [0.29, 0.717) is 27.2 Å². The topological polar surface area (TPSA) is 66.8 Å². The average Bonchev–Trinajstić information content (AvgIpc) is 2.60. The Balaban J connectivity index is 2.28. The first-order valence-electron chi connectivity index (χ1n) is 7.98. The van der Waals surface area contributed by atoms with E-state index in [-0.39, 0.29) is 18.9 Å². The number of para-hydroxylation sites is 1. The number of carbonyl (C=O) groups excluding carboxylic acids is 1. The van der Waals surface area contributed by atoms with Crippen molar-refractivity contribution >= 4 is 45.1 Å². The summed E-state index contributed by atoms with van der Waals surface area (Å²) in [5.41, 5.74) is 2.11. The van der Waals surface area contributed by atoms with Gasteiger partial charge in [0.15, 0.2) is 0 Å². The van der Waals surface area contributed by atoms with Crippen molar-refractivity contribution in [3.05, 3.63) is 57.0 Å². The van der Waals surface area contributed by atoms with E-state index in [1.165, 1.54) is 0 Å². The summed E-state index contributed by atoms with van der Waals surface area (Å²) in [5.74, 6) is -0.808. The van der Waals surface area contributed by atoms with Crippen molar-refractivity contribution in [2.24, 2.45) is 0 Å². The molecule has 0 unspecified atom stereocenters. The quantitative estimate of drug-likeness (QED) is 0.620. The van der Waals surface area contributed by atoms with Crippen LogP contribution in [0.1, 0.15) is 28.8 Å². The molecule has 0 bridgehead atoms. The van der Waals surface area contributed by atoms with E-state index in [1.54, 1.807) is 24.1 Å². The van der Waals surface area contributed by atoms with Crippen molar-refractivity contribution < 1.29 is 19.4 Å². The number of carboxylic acids is 1. The van der Waals surface area contributed by atoms with E-state index in [2.05, 4.69) is 15.9 Å². The van der Waals surface area contributed by atoms with Crippen LogP contribution in [0.2, 0.25) is 5.02 Å². The predicted molar refractivity (Wildman–Crippen MR) is 105 cm³/mol. The number of rotatable bonds is 7. The molecule has 7 heteroatoms. The number of halogens is 2. The van der Waals surface area contributed by atoms with Crippen LogP contribution in [0.25, 0.3) is 0 Å². The van der Waals surface area contributed by atoms with Gasteiger partial charge in [0.05, 0.1) is 17.2 Å². The fourth-order valence-corrected chi connectivity index (χ4v) is 2.95. The van der Waals surface area contributed by atoms with Crippen molar-refractivity contribution in [3.8, 4) is 5.75 Å². The highest BCUT2D eigenvalue weighted by atomic mass is 79.9. The summed E-state index contributed by atoms with van der Waals surface area (Å²) in [7, 11) is 1.70. The third-order valence-corrected chi connectivity index (χ3v) is 5.02. The van der Waals surface area contributed by atoms with Crippen molar-refractivity contribution in [1.82, 2.24) is 0 Å². The largest absolute Gasteiger partial charge is 0.493 e. The highest BCUT2D eigenvalue weighted by Gasteiger charge is 2.21. The lowest BCUT2D eigenvalue weighted by Gasteiger charge is -2.21. The van der Waals surface area contributed by atoms with Crippen LogP contribution < -0.4 is 9.64 Å². The van der Waals surface area contributed by atoms with Gasteiger partial charge >= 0.3 is 5.97 Å². The molecule has 0 spiro atoms. The molecule has 0 fully saturated rings. The van der Waals surface area contributed by atoms with Crippen LogP contribution in [0.4, 0.5) is 5.69 Å². The van der Waals surface area contributed by atoms with Gasteiger partial charge in [-0.2, -0.15) is 0 Å². The maximum atomic E-state index is 13.0. The molecule has 0 heterocycles. The second-order valence-electron chi connectivity index (χ2n) is 5.76. The van der Waals surface area contributed by atoms with Gasteiger partial charge in [0.2, 0.25) is 0 Å². The lowest BCUT2D eigenvalue weighted by atomic mass is 10.1.